The predicted octanol–water partition coefficient (Wildman–Crippen LogP) is 6.33. The van der Waals surface area contributed by atoms with Crippen LogP contribution in [0.5, 0.6) is 0 Å². The van der Waals surface area contributed by atoms with E-state index in [-0.39, 0.29) is 30.1 Å². The summed E-state index contributed by atoms with van der Waals surface area (Å²) in [7, 11) is 0. The highest BCUT2D eigenvalue weighted by Gasteiger charge is 2.41. The van der Waals surface area contributed by atoms with Gasteiger partial charge in [0, 0.05) is 12.1 Å². The Bertz CT molecular complexity index is 876. The van der Waals surface area contributed by atoms with Gasteiger partial charge in [-0.2, -0.15) is 24.5 Å². The second-order valence-corrected chi connectivity index (χ2v) is 8.86. The molecule has 1 amide bonds. The molecule has 0 radical (unpaired) electrons. The quantitative estimate of drug-likeness (QED) is 0.556. The Labute approximate surface area is 189 Å². The van der Waals surface area contributed by atoms with Crippen LogP contribution in [0.3, 0.4) is 0 Å². The number of amides is 1. The molecule has 0 spiro atoms. The second-order valence-electron chi connectivity index (χ2n) is 7.70. The average Bonchev–Trinajstić information content (AvgIpc) is 3.35. The Morgan fingerprint density at radius 3 is 2.70 bits per heavy atom. The van der Waals surface area contributed by atoms with Crippen molar-refractivity contribution in [3.8, 4) is 0 Å². The third-order valence-corrected chi connectivity index (χ3v) is 7.13. The van der Waals surface area contributed by atoms with Crippen molar-refractivity contribution in [2.75, 3.05) is 6.54 Å². The average molecular weight is 479 g/mol. The second kappa shape index (κ2) is 9.47. The number of hydrogen-bond acceptors (Lipinski definition) is 3. The van der Waals surface area contributed by atoms with Gasteiger partial charge in [0.15, 0.2) is 0 Å². The van der Waals surface area contributed by atoms with Gasteiger partial charge in [-0.05, 0) is 66.8 Å². The predicted molar refractivity (Wildman–Crippen MR) is 116 cm³/mol. The first-order chi connectivity index (χ1) is 13.9. The molecule has 2 fully saturated rings. The minimum atomic E-state index is -4.60. The molecule has 30 heavy (non-hydrogen) atoms. The smallest absolute Gasteiger partial charge is 0.344 e. The lowest BCUT2D eigenvalue weighted by atomic mass is 9.98. The van der Waals surface area contributed by atoms with Crippen LogP contribution in [-0.2, 0) is 6.18 Å². The summed E-state index contributed by atoms with van der Waals surface area (Å²) in [5.74, 6) is -0.572. The first kappa shape index (κ1) is 23.4. The summed E-state index contributed by atoms with van der Waals surface area (Å²) in [5, 5.41) is 6.40. The van der Waals surface area contributed by atoms with E-state index < -0.39 is 22.7 Å². The molecule has 3 unspecified atom stereocenters. The standard InChI is InChI=1S/C21H22ClF3N2OS.ClH/c22-18-15(5-3-6-16(18)21(23,24)25)20(28)26-19(13-9-11-29-12-13)17-8-7-14-4-1-2-10-27(14)17;/h3,5-6,9,11-12,14,17,19H,1-2,4,7-8,10H2,(H,26,28);1H. The molecular weight excluding hydrogens is 456 g/mol. The van der Waals surface area contributed by atoms with Crippen LogP contribution < -0.4 is 5.32 Å². The van der Waals surface area contributed by atoms with Gasteiger partial charge in [-0.25, -0.2) is 0 Å². The van der Waals surface area contributed by atoms with Gasteiger partial charge in [0.2, 0.25) is 0 Å². The molecule has 3 nitrogen and oxygen atoms in total. The molecule has 2 saturated heterocycles. The molecule has 3 heterocycles. The van der Waals surface area contributed by atoms with Gasteiger partial charge in [0.25, 0.3) is 5.91 Å². The molecule has 2 aromatic rings. The van der Waals surface area contributed by atoms with Crippen molar-refractivity contribution < 1.29 is 18.0 Å². The highest BCUT2D eigenvalue weighted by atomic mass is 35.5. The van der Waals surface area contributed by atoms with Crippen molar-refractivity contribution in [2.24, 2.45) is 0 Å². The summed E-state index contributed by atoms with van der Waals surface area (Å²) in [6, 6.07) is 5.83. The Hall–Kier alpha value is -1.28. The van der Waals surface area contributed by atoms with E-state index in [4.69, 9.17) is 11.6 Å². The summed E-state index contributed by atoms with van der Waals surface area (Å²) in [4.78, 5) is 15.5. The topological polar surface area (TPSA) is 32.3 Å². The van der Waals surface area contributed by atoms with Gasteiger partial charge in [-0.3, -0.25) is 9.69 Å². The van der Waals surface area contributed by atoms with Gasteiger partial charge in [0.1, 0.15) is 0 Å². The van der Waals surface area contributed by atoms with Crippen LogP contribution in [0.4, 0.5) is 13.2 Å². The first-order valence-electron chi connectivity index (χ1n) is 9.80. The van der Waals surface area contributed by atoms with Crippen molar-refractivity contribution in [1.82, 2.24) is 10.2 Å². The van der Waals surface area contributed by atoms with Gasteiger partial charge in [-0.1, -0.05) is 24.1 Å². The monoisotopic (exact) mass is 478 g/mol. The lowest BCUT2D eigenvalue weighted by Gasteiger charge is -2.38. The molecule has 1 aromatic heterocycles. The minimum absolute atomic E-state index is 0. The summed E-state index contributed by atoms with van der Waals surface area (Å²) >= 11 is 7.52. The number of piperidine rings is 1. The third kappa shape index (κ3) is 4.64. The van der Waals surface area contributed by atoms with Crippen molar-refractivity contribution in [3.63, 3.8) is 0 Å². The molecule has 0 aliphatic carbocycles. The summed E-state index contributed by atoms with van der Waals surface area (Å²) in [6.07, 6.45) is 0.972. The van der Waals surface area contributed by atoms with E-state index in [9.17, 15) is 18.0 Å². The molecule has 2 aliphatic rings. The fraction of sp³-hybridized carbons (Fsp3) is 0.476. The minimum Gasteiger partial charge on any atom is -0.344 e. The highest BCUT2D eigenvalue weighted by molar-refractivity contribution is 7.08. The molecule has 0 saturated carbocycles. The number of hydrogen-bond donors (Lipinski definition) is 1. The number of benzene rings is 1. The van der Waals surface area contributed by atoms with Crippen LogP contribution >= 0.6 is 35.3 Å². The molecule has 0 bridgehead atoms. The number of nitrogens with zero attached hydrogens (tertiary/aromatic N) is 1. The Morgan fingerprint density at radius 1 is 1.20 bits per heavy atom. The van der Waals surface area contributed by atoms with E-state index in [1.807, 2.05) is 16.8 Å². The molecule has 9 heteroatoms. The number of carbonyl (C=O) groups excluding carboxylic acids is 1. The van der Waals surface area contributed by atoms with Crippen LogP contribution in [0.15, 0.2) is 35.0 Å². The zero-order valence-corrected chi connectivity index (χ0v) is 18.5. The van der Waals surface area contributed by atoms with Crippen LogP contribution in [0.1, 0.15) is 59.6 Å². The number of carbonyl (C=O) groups is 1. The van der Waals surface area contributed by atoms with Gasteiger partial charge in [0.05, 0.1) is 22.2 Å². The maximum absolute atomic E-state index is 13.2. The van der Waals surface area contributed by atoms with Crippen LogP contribution in [0.25, 0.3) is 0 Å². The summed E-state index contributed by atoms with van der Waals surface area (Å²) < 4.78 is 39.6. The highest BCUT2D eigenvalue weighted by Crippen LogP contribution is 2.39. The zero-order chi connectivity index (χ0) is 20.6. The molecule has 4 rings (SSSR count). The van der Waals surface area contributed by atoms with E-state index in [1.165, 1.54) is 25.0 Å². The SMILES string of the molecule is Cl.O=C(NC(c1ccsc1)C1CCC2CCCCN21)c1cccc(C(F)(F)F)c1Cl. The van der Waals surface area contributed by atoms with E-state index >= 15 is 0 Å². The van der Waals surface area contributed by atoms with E-state index in [1.54, 1.807) is 11.3 Å². The fourth-order valence-electron chi connectivity index (χ4n) is 4.66. The summed E-state index contributed by atoms with van der Waals surface area (Å²) in [5.41, 5.74) is -0.145. The molecular formula is C21H23Cl2F3N2OS. The Balaban J connectivity index is 0.00000256. The molecule has 2 aliphatic heterocycles. The van der Waals surface area contributed by atoms with Gasteiger partial charge in [-0.15, -0.1) is 12.4 Å². The lowest BCUT2D eigenvalue weighted by molar-refractivity contribution is -0.137. The third-order valence-electron chi connectivity index (χ3n) is 6.02. The van der Waals surface area contributed by atoms with Gasteiger partial charge < -0.3 is 5.32 Å². The van der Waals surface area contributed by atoms with Crippen LogP contribution in [0.2, 0.25) is 5.02 Å². The molecule has 1 N–H and O–H groups in total. The summed E-state index contributed by atoms with van der Waals surface area (Å²) in [6.45, 7) is 0.996. The number of halogens is 5. The van der Waals surface area contributed by atoms with Crippen molar-refractivity contribution in [2.45, 2.75) is 56.4 Å². The maximum atomic E-state index is 13.2. The van der Waals surface area contributed by atoms with E-state index in [0.717, 1.165) is 37.4 Å². The Morgan fingerprint density at radius 2 is 2.00 bits per heavy atom. The number of fused-ring (bicyclic) bond motifs is 1. The van der Waals surface area contributed by atoms with E-state index in [0.29, 0.717) is 6.04 Å². The van der Waals surface area contributed by atoms with Crippen LogP contribution in [0, 0.1) is 0 Å². The molecule has 164 valence electrons. The van der Waals surface area contributed by atoms with Crippen molar-refractivity contribution in [1.29, 1.82) is 0 Å². The number of rotatable bonds is 4. The number of thiophene rings is 1. The Kier molecular flexibility index (Phi) is 7.38. The van der Waals surface area contributed by atoms with Crippen LogP contribution in [-0.4, -0.2) is 29.4 Å². The molecule has 3 atom stereocenters. The molecule has 1 aromatic carbocycles. The maximum Gasteiger partial charge on any atom is 0.417 e. The normalized spacial score (nSPS) is 22.8. The number of nitrogens with one attached hydrogen (secondary N) is 1. The largest absolute Gasteiger partial charge is 0.417 e. The number of alkyl halides is 3. The zero-order valence-electron chi connectivity index (χ0n) is 16.1. The lowest BCUT2D eigenvalue weighted by Crippen LogP contribution is -2.47. The van der Waals surface area contributed by atoms with Crippen molar-refractivity contribution in [3.05, 3.63) is 56.7 Å². The fourth-order valence-corrected chi connectivity index (χ4v) is 5.67. The van der Waals surface area contributed by atoms with Gasteiger partial charge >= 0.3 is 6.18 Å². The first-order valence-corrected chi connectivity index (χ1v) is 11.1. The van der Waals surface area contributed by atoms with Crippen molar-refractivity contribution >= 4 is 41.3 Å². The van der Waals surface area contributed by atoms with E-state index in [2.05, 4.69) is 10.2 Å².